The Balaban J connectivity index is 1.66. The summed E-state index contributed by atoms with van der Waals surface area (Å²) in [6, 6.07) is 2.38. The lowest BCUT2D eigenvalue weighted by Gasteiger charge is -2.17. The van der Waals surface area contributed by atoms with Crippen LogP contribution in [-0.4, -0.2) is 20.5 Å². The number of rotatable bonds is 8. The smallest absolute Gasteiger partial charge is 0.241 e. The van der Waals surface area contributed by atoms with Crippen LogP contribution in [0.4, 0.5) is 0 Å². The Morgan fingerprint density at radius 2 is 1.86 bits per heavy atom. The molecule has 4 nitrogen and oxygen atoms in total. The third kappa shape index (κ3) is 4.06. The number of nitrogens with one attached hydrogen (secondary N) is 2. The average Bonchev–Trinajstić information content (AvgIpc) is 3.32. The second-order valence-corrected chi connectivity index (χ2v) is 9.32. The van der Waals surface area contributed by atoms with Crippen molar-refractivity contribution in [3.63, 3.8) is 0 Å². The summed E-state index contributed by atoms with van der Waals surface area (Å²) < 4.78 is 28.0. The molecule has 21 heavy (non-hydrogen) atoms. The molecule has 0 aromatic carbocycles. The Morgan fingerprint density at radius 1 is 1.24 bits per heavy atom. The number of hydrogen-bond donors (Lipinski definition) is 2. The summed E-state index contributed by atoms with van der Waals surface area (Å²) in [5.41, 5.74) is 0. The van der Waals surface area contributed by atoms with Crippen molar-refractivity contribution in [2.75, 3.05) is 0 Å². The Kier molecular flexibility index (Phi) is 4.41. The minimum atomic E-state index is -3.35. The zero-order valence-electron chi connectivity index (χ0n) is 12.6. The van der Waals surface area contributed by atoms with Crippen LogP contribution in [0.1, 0.15) is 44.4 Å². The van der Waals surface area contributed by atoms with Crippen molar-refractivity contribution in [2.45, 2.75) is 63.1 Å². The van der Waals surface area contributed by atoms with Gasteiger partial charge in [-0.15, -0.1) is 11.3 Å². The summed E-state index contributed by atoms with van der Waals surface area (Å²) in [6.45, 7) is 4.90. The monoisotopic (exact) mass is 328 g/mol. The van der Waals surface area contributed by atoms with E-state index in [9.17, 15) is 8.42 Å². The fraction of sp³-hybridized carbons (Fsp3) is 0.733. The van der Waals surface area contributed by atoms with E-state index in [1.54, 1.807) is 11.4 Å². The van der Waals surface area contributed by atoms with Gasteiger partial charge in [-0.25, -0.2) is 13.1 Å². The molecular formula is C15H24N2O2S2. The molecule has 0 aliphatic heterocycles. The van der Waals surface area contributed by atoms with Gasteiger partial charge in [-0.2, -0.15) is 0 Å². The average molecular weight is 329 g/mol. The molecule has 3 rings (SSSR count). The van der Waals surface area contributed by atoms with Crippen molar-refractivity contribution >= 4 is 21.4 Å². The second-order valence-electron chi connectivity index (χ2n) is 6.61. The van der Waals surface area contributed by atoms with Gasteiger partial charge in [-0.1, -0.05) is 13.8 Å². The molecule has 1 aromatic rings. The standard InChI is InChI=1S/C15H24N2O2S2/c1-10(2)16-8-13-7-14(9-20-13)21(18,19)17-15(11-3-4-11)12-5-6-12/h7,9-12,15-17H,3-6,8H2,1-2H3. The first-order chi connectivity index (χ1) is 9.95. The molecule has 0 amide bonds. The van der Waals surface area contributed by atoms with Crippen molar-refractivity contribution in [3.05, 3.63) is 16.3 Å². The predicted molar refractivity (Wildman–Crippen MR) is 85.9 cm³/mol. The SMILES string of the molecule is CC(C)NCc1cc(S(=O)(=O)NC(C2CC2)C2CC2)cs1. The van der Waals surface area contributed by atoms with Crippen molar-refractivity contribution in [3.8, 4) is 0 Å². The fourth-order valence-corrected chi connectivity index (χ4v) is 5.23. The molecule has 2 aliphatic carbocycles. The minimum absolute atomic E-state index is 0.173. The molecule has 118 valence electrons. The highest BCUT2D eigenvalue weighted by atomic mass is 32.2. The highest BCUT2D eigenvalue weighted by molar-refractivity contribution is 7.89. The molecule has 2 saturated carbocycles. The van der Waals surface area contributed by atoms with E-state index in [2.05, 4.69) is 23.9 Å². The molecule has 2 fully saturated rings. The summed E-state index contributed by atoms with van der Waals surface area (Å²) in [4.78, 5) is 1.50. The quantitative estimate of drug-likeness (QED) is 0.771. The van der Waals surface area contributed by atoms with Crippen LogP contribution in [0.3, 0.4) is 0 Å². The topological polar surface area (TPSA) is 58.2 Å². The maximum Gasteiger partial charge on any atom is 0.241 e. The lowest BCUT2D eigenvalue weighted by Crippen LogP contribution is -2.37. The zero-order valence-corrected chi connectivity index (χ0v) is 14.3. The van der Waals surface area contributed by atoms with Crippen LogP contribution in [0.2, 0.25) is 0 Å². The Bertz CT molecular complexity index is 575. The summed E-state index contributed by atoms with van der Waals surface area (Å²) in [7, 11) is -3.35. The van der Waals surface area contributed by atoms with Crippen molar-refractivity contribution in [2.24, 2.45) is 11.8 Å². The molecule has 1 aromatic heterocycles. The van der Waals surface area contributed by atoms with Crippen molar-refractivity contribution < 1.29 is 8.42 Å². The third-order valence-corrected chi connectivity index (χ3v) is 6.70. The normalized spacial score (nSPS) is 19.6. The first-order valence-corrected chi connectivity index (χ1v) is 10.1. The Hall–Kier alpha value is -0.430. The summed E-state index contributed by atoms with van der Waals surface area (Å²) >= 11 is 1.51. The van der Waals surface area contributed by atoms with Gasteiger partial charge in [0.05, 0.1) is 4.90 Å². The summed E-state index contributed by atoms with van der Waals surface area (Å²) in [5.74, 6) is 1.15. The van der Waals surface area contributed by atoms with Crippen LogP contribution < -0.4 is 10.0 Å². The number of hydrogen-bond acceptors (Lipinski definition) is 4. The molecular weight excluding hydrogens is 304 g/mol. The van der Waals surface area contributed by atoms with Crippen LogP contribution in [0, 0.1) is 11.8 Å². The van der Waals surface area contributed by atoms with Gasteiger partial charge in [0.1, 0.15) is 0 Å². The van der Waals surface area contributed by atoms with Gasteiger partial charge in [0.25, 0.3) is 0 Å². The molecule has 0 spiro atoms. The highest BCUT2D eigenvalue weighted by Crippen LogP contribution is 2.45. The van der Waals surface area contributed by atoms with E-state index < -0.39 is 10.0 Å². The molecule has 0 atom stereocenters. The van der Waals surface area contributed by atoms with Crippen molar-refractivity contribution in [1.82, 2.24) is 10.0 Å². The zero-order chi connectivity index (χ0) is 15.0. The van der Waals surface area contributed by atoms with Gasteiger partial charge in [-0.05, 0) is 43.6 Å². The van der Waals surface area contributed by atoms with Crippen LogP contribution >= 0.6 is 11.3 Å². The molecule has 2 N–H and O–H groups in total. The Labute approximate surface area is 131 Å². The third-order valence-electron chi connectivity index (χ3n) is 4.18. The molecule has 0 radical (unpaired) electrons. The predicted octanol–water partition coefficient (Wildman–Crippen LogP) is 2.71. The minimum Gasteiger partial charge on any atom is -0.310 e. The Morgan fingerprint density at radius 3 is 2.38 bits per heavy atom. The van der Waals surface area contributed by atoms with E-state index >= 15 is 0 Å². The first kappa shape index (κ1) is 15.5. The number of thiophene rings is 1. The number of sulfonamides is 1. The molecule has 1 heterocycles. The highest BCUT2D eigenvalue weighted by Gasteiger charge is 2.43. The van der Waals surface area contributed by atoms with Gasteiger partial charge in [0.15, 0.2) is 0 Å². The van der Waals surface area contributed by atoms with Crippen molar-refractivity contribution in [1.29, 1.82) is 0 Å². The molecule has 6 heteroatoms. The lowest BCUT2D eigenvalue weighted by molar-refractivity contribution is 0.471. The van der Waals surface area contributed by atoms with Gasteiger partial charge in [-0.3, -0.25) is 0 Å². The molecule has 0 unspecified atom stereocenters. The second kappa shape index (κ2) is 5.99. The van der Waals surface area contributed by atoms with E-state index in [0.717, 1.165) is 11.4 Å². The first-order valence-electron chi connectivity index (χ1n) is 7.79. The van der Waals surface area contributed by atoms with Crippen LogP contribution in [-0.2, 0) is 16.6 Å². The maximum atomic E-state index is 12.5. The van der Waals surface area contributed by atoms with E-state index in [1.807, 2.05) is 0 Å². The lowest BCUT2D eigenvalue weighted by atomic mass is 10.1. The molecule has 0 bridgehead atoms. The largest absolute Gasteiger partial charge is 0.310 e. The molecule has 0 saturated heterocycles. The van der Waals surface area contributed by atoms with Crippen LogP contribution in [0.15, 0.2) is 16.3 Å². The summed E-state index contributed by atoms with van der Waals surface area (Å²) in [6.07, 6.45) is 4.71. The van der Waals surface area contributed by atoms with E-state index in [0.29, 0.717) is 22.8 Å². The summed E-state index contributed by atoms with van der Waals surface area (Å²) in [5, 5.41) is 5.08. The van der Waals surface area contributed by atoms with Crippen LogP contribution in [0.5, 0.6) is 0 Å². The van der Waals surface area contributed by atoms with Crippen LogP contribution in [0.25, 0.3) is 0 Å². The van der Waals surface area contributed by atoms with Gasteiger partial charge in [0.2, 0.25) is 10.0 Å². The van der Waals surface area contributed by atoms with E-state index in [1.165, 1.54) is 37.0 Å². The van der Waals surface area contributed by atoms with E-state index in [-0.39, 0.29) is 6.04 Å². The van der Waals surface area contributed by atoms with Gasteiger partial charge >= 0.3 is 0 Å². The molecule has 2 aliphatic rings. The van der Waals surface area contributed by atoms with Gasteiger partial charge in [0, 0.05) is 28.9 Å². The van der Waals surface area contributed by atoms with E-state index in [4.69, 9.17) is 0 Å². The maximum absolute atomic E-state index is 12.5. The fourth-order valence-electron chi connectivity index (χ4n) is 2.63. The van der Waals surface area contributed by atoms with Gasteiger partial charge < -0.3 is 5.32 Å².